The highest BCUT2D eigenvalue weighted by molar-refractivity contribution is 6.31. The number of carbonyl (C=O) groups is 2. The maximum absolute atomic E-state index is 12.5. The Labute approximate surface area is 142 Å². The molecule has 0 radical (unpaired) electrons. The van der Waals surface area contributed by atoms with Crippen LogP contribution >= 0.6 is 11.6 Å². The van der Waals surface area contributed by atoms with Crippen LogP contribution in [0.5, 0.6) is 0 Å². The molecule has 0 aromatic heterocycles. The van der Waals surface area contributed by atoms with E-state index in [1.54, 1.807) is 0 Å². The lowest BCUT2D eigenvalue weighted by atomic mass is 9.98. The van der Waals surface area contributed by atoms with Crippen LogP contribution in [-0.2, 0) is 9.59 Å². The summed E-state index contributed by atoms with van der Waals surface area (Å²) in [6, 6.07) is 2.78. The predicted octanol–water partition coefficient (Wildman–Crippen LogP) is 3.32. The fourth-order valence-corrected chi connectivity index (χ4v) is 1.82. The molecule has 0 spiro atoms. The van der Waals surface area contributed by atoms with Crippen molar-refractivity contribution in [1.82, 2.24) is 0 Å². The number of benzene rings is 1. The molecule has 1 aliphatic heterocycles. The molecule has 1 heterocycles. The molecule has 2 N–H and O–H groups in total. The first-order valence-corrected chi connectivity index (χ1v) is 6.31. The van der Waals surface area contributed by atoms with Crippen molar-refractivity contribution in [2.75, 3.05) is 0 Å². The monoisotopic (exact) mass is 326 g/mol. The summed E-state index contributed by atoms with van der Waals surface area (Å²) < 4.78 is 53.6. The van der Waals surface area contributed by atoms with Gasteiger partial charge in [-0.15, -0.1) is 0 Å². The summed E-state index contributed by atoms with van der Waals surface area (Å²) in [7, 11) is 0. The minimum Gasteiger partial charge on any atom is -0.510 e. The van der Waals surface area contributed by atoms with Crippen molar-refractivity contribution in [3.63, 3.8) is 0 Å². The Morgan fingerprint density at radius 1 is 1.50 bits per heavy atom. The molecule has 0 saturated heterocycles. The largest absolute Gasteiger partial charge is 0.510 e. The highest BCUT2D eigenvalue weighted by Gasteiger charge is 2.19. The van der Waals surface area contributed by atoms with Gasteiger partial charge in [0, 0.05) is 30.1 Å². The highest BCUT2D eigenvalue weighted by atomic mass is 35.5. The number of hydrogen-bond donors (Lipinski definition) is 2. The van der Waals surface area contributed by atoms with Gasteiger partial charge in [0.25, 0.3) is 0 Å². The van der Waals surface area contributed by atoms with Crippen LogP contribution in [0.4, 0.5) is 0 Å². The molecule has 1 aromatic carbocycles. The van der Waals surface area contributed by atoms with Gasteiger partial charge in [0.1, 0.15) is 11.5 Å². The van der Waals surface area contributed by atoms with E-state index in [1.165, 1.54) is 18.2 Å². The first-order valence-electron chi connectivity index (χ1n) is 9.44. The minimum atomic E-state index is -2.91. The molecule has 6 heteroatoms. The number of aliphatic imine (C=N–C) groups is 1. The van der Waals surface area contributed by atoms with Gasteiger partial charge in [0.05, 0.1) is 9.11 Å². The zero-order chi connectivity index (χ0) is 22.3. The Hall–Kier alpha value is -2.40. The third-order valence-corrected chi connectivity index (χ3v) is 2.90. The molecule has 0 fully saturated rings. The molecule has 1 aliphatic rings. The van der Waals surface area contributed by atoms with Crippen molar-refractivity contribution in [3.8, 4) is 0 Å². The van der Waals surface area contributed by atoms with E-state index in [9.17, 15) is 14.7 Å². The van der Waals surface area contributed by atoms with Crippen LogP contribution in [0.25, 0.3) is 5.57 Å². The van der Waals surface area contributed by atoms with Crippen LogP contribution < -0.4 is 0 Å². The topological polar surface area (TPSA) is 87.0 Å². The summed E-state index contributed by atoms with van der Waals surface area (Å²) in [5.74, 6) is -4.14. The van der Waals surface area contributed by atoms with Gasteiger partial charge in [-0.2, -0.15) is 0 Å². The maximum Gasteiger partial charge on any atom is 0.303 e. The number of carboxylic acids is 1. The molecule has 22 heavy (non-hydrogen) atoms. The average molecular weight is 327 g/mol. The van der Waals surface area contributed by atoms with Crippen LogP contribution in [0.2, 0.25) is 5.02 Å². The van der Waals surface area contributed by atoms with Gasteiger partial charge in [-0.1, -0.05) is 17.7 Å². The number of ketones is 1. The first-order chi connectivity index (χ1) is 13.2. The quantitative estimate of drug-likeness (QED) is 0.656. The lowest BCUT2D eigenvalue weighted by Gasteiger charge is -2.12. The third-order valence-electron chi connectivity index (χ3n) is 2.66. The van der Waals surface area contributed by atoms with Gasteiger partial charge in [-0.3, -0.25) is 9.59 Å². The fourth-order valence-electron chi connectivity index (χ4n) is 1.65. The number of carbonyl (C=O) groups excluding carboxylic acids is 1. The van der Waals surface area contributed by atoms with E-state index in [1.807, 2.05) is 0 Å². The Bertz CT molecular complexity index is 995. The van der Waals surface area contributed by atoms with Gasteiger partial charge in [-0.25, -0.2) is 4.99 Å². The van der Waals surface area contributed by atoms with Gasteiger partial charge in [0.15, 0.2) is 0 Å². The number of aryl methyl sites for hydroxylation is 1. The number of carboxylic acid groups (broad SMARTS) is 1. The zero-order valence-electron chi connectivity index (χ0n) is 18.0. The average Bonchev–Trinajstić information content (AvgIpc) is 2.56. The Morgan fingerprint density at radius 2 is 2.27 bits per heavy atom. The van der Waals surface area contributed by atoms with E-state index in [2.05, 4.69) is 4.99 Å². The second kappa shape index (κ2) is 6.58. The van der Waals surface area contributed by atoms with Crippen molar-refractivity contribution in [2.24, 2.45) is 4.99 Å². The summed E-state index contributed by atoms with van der Waals surface area (Å²) in [5.41, 5.74) is -1.73. The smallest absolute Gasteiger partial charge is 0.303 e. The predicted molar refractivity (Wildman–Crippen MR) is 84.2 cm³/mol. The minimum absolute atomic E-state index is 0.0902. The number of aliphatic hydroxyl groups is 1. The number of allylic oxidation sites excluding steroid dienone is 3. The Balaban J connectivity index is 2.64. The Kier molecular flexibility index (Phi) is 2.66. The number of aliphatic carboxylic acids is 1. The highest BCUT2D eigenvalue weighted by Crippen LogP contribution is 2.25. The molecular weight excluding hydrogens is 306 g/mol. The van der Waals surface area contributed by atoms with Crippen molar-refractivity contribution >= 4 is 35.1 Å². The van der Waals surface area contributed by atoms with E-state index in [4.69, 9.17) is 26.3 Å². The van der Waals surface area contributed by atoms with Crippen molar-refractivity contribution in [1.29, 1.82) is 0 Å². The normalized spacial score (nSPS) is 23.2. The Morgan fingerprint density at radius 3 is 2.95 bits per heavy atom. The number of rotatable bonds is 4. The van der Waals surface area contributed by atoms with Gasteiger partial charge < -0.3 is 10.2 Å². The summed E-state index contributed by atoms with van der Waals surface area (Å²) >= 11 is 5.90. The van der Waals surface area contributed by atoms with Gasteiger partial charge >= 0.3 is 5.97 Å². The van der Waals surface area contributed by atoms with Crippen molar-refractivity contribution in [2.45, 2.75) is 19.6 Å². The van der Waals surface area contributed by atoms with Crippen LogP contribution in [0.3, 0.4) is 0 Å². The lowest BCUT2D eigenvalue weighted by molar-refractivity contribution is -0.137. The molecule has 0 bridgehead atoms. The van der Waals surface area contributed by atoms with E-state index in [-0.39, 0.29) is 16.1 Å². The summed E-state index contributed by atoms with van der Waals surface area (Å²) in [6.45, 7) is -2.65. The van der Waals surface area contributed by atoms with Crippen LogP contribution in [0.15, 0.2) is 40.7 Å². The maximum atomic E-state index is 12.5. The molecule has 114 valence electrons. The number of aliphatic hydroxyl groups excluding tert-OH is 1. The van der Waals surface area contributed by atoms with E-state index in [0.29, 0.717) is 0 Å². The van der Waals surface area contributed by atoms with Gasteiger partial charge in [-0.05, 0) is 36.2 Å². The molecular formula is C16H14ClNO4. The molecule has 0 saturated carbocycles. The molecule has 0 unspecified atom stereocenters. The number of nitrogens with zero attached hydrogens (tertiary/aromatic N) is 1. The molecule has 0 amide bonds. The third kappa shape index (κ3) is 3.62. The number of hydrogen-bond acceptors (Lipinski definition) is 4. The molecule has 5 nitrogen and oxygen atoms in total. The molecule has 0 atom stereocenters. The SMILES string of the molecule is [2H]C1=NC(=C(O)CC([2H])([2H])C(=O)O)C(=O)C([2H])=C1c1cc(Cl)ccc1C([2H])([2H])[2H]. The van der Waals surface area contributed by atoms with Crippen molar-refractivity contribution in [3.05, 3.63) is 51.9 Å². The number of halogens is 1. The van der Waals surface area contributed by atoms with E-state index < -0.39 is 60.7 Å². The van der Waals surface area contributed by atoms with Crippen LogP contribution in [0.1, 0.15) is 33.5 Å². The summed E-state index contributed by atoms with van der Waals surface area (Å²) in [4.78, 5) is 26.9. The lowest BCUT2D eigenvalue weighted by Crippen LogP contribution is -2.09. The summed E-state index contributed by atoms with van der Waals surface area (Å²) in [5, 5.41) is 18.9. The zero-order valence-corrected chi connectivity index (χ0v) is 11.7. The molecule has 0 aliphatic carbocycles. The second-order valence-corrected chi connectivity index (χ2v) is 4.63. The summed E-state index contributed by atoms with van der Waals surface area (Å²) in [6.07, 6.45) is -4.76. The van der Waals surface area contributed by atoms with Crippen LogP contribution in [-0.4, -0.2) is 28.2 Å². The number of dihydropyridines is 1. The van der Waals surface area contributed by atoms with E-state index in [0.717, 1.165) is 0 Å². The van der Waals surface area contributed by atoms with Gasteiger partial charge in [0.2, 0.25) is 5.78 Å². The molecule has 2 rings (SSSR count). The van der Waals surface area contributed by atoms with Crippen LogP contribution in [0, 0.1) is 6.85 Å². The second-order valence-electron chi connectivity index (χ2n) is 4.20. The van der Waals surface area contributed by atoms with E-state index >= 15 is 0 Å². The fraction of sp³-hybridized carbons (Fsp3) is 0.188. The molecule has 1 aromatic rings. The van der Waals surface area contributed by atoms with Crippen molar-refractivity contribution < 1.29 is 29.4 Å². The standard InChI is InChI=1S/C16H14ClNO4/c1-9-2-3-11(17)7-12(9)10-6-14(20)16(18-8-10)13(19)4-5-15(21)22/h2-3,6-8,19H,4-5H2,1H3,(H,21,22)/i1D3,5D2,6D,8D. The first kappa shape index (κ1) is 8.90.